The van der Waals surface area contributed by atoms with Gasteiger partial charge in [0.05, 0.1) is 27.9 Å². The highest BCUT2D eigenvalue weighted by atomic mass is 79.9. The summed E-state index contributed by atoms with van der Waals surface area (Å²) in [7, 11) is 0. The third-order valence-corrected chi connectivity index (χ3v) is 7.01. The second-order valence-corrected chi connectivity index (χ2v) is 9.63. The lowest BCUT2D eigenvalue weighted by molar-refractivity contribution is 1.37. The first-order valence-corrected chi connectivity index (χ1v) is 12.3. The quantitative estimate of drug-likeness (QED) is 0.218. The normalized spacial score (nSPS) is 11.6. The number of aromatic nitrogens is 3. The molecule has 0 saturated heterocycles. The predicted molar refractivity (Wildman–Crippen MR) is 148 cm³/mol. The standard InChI is InChI=1S/C31H18BrN3/c32-26-11-14-28-25(18-26)10-13-27(34-28)23-7-5-22-17-24(8-6-21(22)16-23)29-12-9-20-4-3-19-2-1-15-33-30(19)31(20)35-29/h1-18H. The van der Waals surface area contributed by atoms with Crippen molar-refractivity contribution < 1.29 is 0 Å². The van der Waals surface area contributed by atoms with Crippen LogP contribution in [0.1, 0.15) is 0 Å². The predicted octanol–water partition coefficient (Wildman–Crippen LogP) is 8.58. The summed E-state index contributed by atoms with van der Waals surface area (Å²) in [6.07, 6.45) is 1.83. The molecule has 0 atom stereocenters. The van der Waals surface area contributed by atoms with E-state index >= 15 is 0 Å². The van der Waals surface area contributed by atoms with Gasteiger partial charge in [-0.2, -0.15) is 0 Å². The van der Waals surface area contributed by atoms with Crippen molar-refractivity contribution in [2.45, 2.75) is 0 Å². The Morgan fingerprint density at radius 2 is 1.11 bits per heavy atom. The average Bonchev–Trinajstić information content (AvgIpc) is 2.92. The first-order valence-electron chi connectivity index (χ1n) is 11.5. The van der Waals surface area contributed by atoms with Gasteiger partial charge in [-0.3, -0.25) is 4.98 Å². The van der Waals surface area contributed by atoms with E-state index < -0.39 is 0 Å². The van der Waals surface area contributed by atoms with Crippen molar-refractivity contribution in [2.75, 3.05) is 0 Å². The Hall–Kier alpha value is -4.15. The van der Waals surface area contributed by atoms with Crippen LogP contribution in [0.25, 0.3) is 66.0 Å². The van der Waals surface area contributed by atoms with Crippen molar-refractivity contribution in [1.29, 1.82) is 0 Å². The Morgan fingerprint density at radius 1 is 0.486 bits per heavy atom. The third-order valence-electron chi connectivity index (χ3n) is 6.52. The largest absolute Gasteiger partial charge is 0.254 e. The summed E-state index contributed by atoms with van der Waals surface area (Å²) in [5.74, 6) is 0. The van der Waals surface area contributed by atoms with Crippen LogP contribution in [0.2, 0.25) is 0 Å². The molecule has 0 amide bonds. The molecular formula is C31H18BrN3. The van der Waals surface area contributed by atoms with Crippen molar-refractivity contribution in [3.8, 4) is 22.5 Å². The molecule has 35 heavy (non-hydrogen) atoms. The van der Waals surface area contributed by atoms with E-state index in [1.54, 1.807) is 0 Å². The van der Waals surface area contributed by atoms with Crippen molar-refractivity contribution >= 4 is 59.4 Å². The van der Waals surface area contributed by atoms with Gasteiger partial charge in [0, 0.05) is 38.0 Å². The molecule has 3 aromatic heterocycles. The Kier molecular flexibility index (Phi) is 4.61. The Bertz CT molecular complexity index is 1930. The molecule has 0 fully saturated rings. The highest BCUT2D eigenvalue weighted by Crippen LogP contribution is 2.30. The molecule has 0 unspecified atom stereocenters. The second-order valence-electron chi connectivity index (χ2n) is 8.72. The fourth-order valence-corrected chi connectivity index (χ4v) is 5.08. The molecule has 4 aromatic carbocycles. The van der Waals surface area contributed by atoms with Crippen molar-refractivity contribution in [1.82, 2.24) is 15.0 Å². The Balaban J connectivity index is 1.30. The summed E-state index contributed by atoms with van der Waals surface area (Å²) < 4.78 is 1.06. The van der Waals surface area contributed by atoms with Crippen LogP contribution >= 0.6 is 15.9 Å². The smallest absolute Gasteiger partial charge is 0.0972 e. The van der Waals surface area contributed by atoms with Crippen molar-refractivity contribution in [2.24, 2.45) is 0 Å². The Labute approximate surface area is 210 Å². The lowest BCUT2D eigenvalue weighted by Gasteiger charge is -2.09. The molecule has 0 saturated carbocycles. The monoisotopic (exact) mass is 511 g/mol. The number of rotatable bonds is 2. The zero-order valence-electron chi connectivity index (χ0n) is 18.6. The van der Waals surface area contributed by atoms with Crippen LogP contribution in [-0.2, 0) is 0 Å². The molecule has 4 heteroatoms. The van der Waals surface area contributed by atoms with E-state index in [0.717, 1.165) is 59.7 Å². The van der Waals surface area contributed by atoms with Crippen LogP contribution in [0.3, 0.4) is 0 Å². The maximum atomic E-state index is 5.00. The molecule has 0 aliphatic heterocycles. The molecule has 7 rings (SSSR count). The summed E-state index contributed by atoms with van der Waals surface area (Å²) >= 11 is 3.53. The maximum absolute atomic E-state index is 5.00. The zero-order chi connectivity index (χ0) is 23.4. The number of hydrogen-bond donors (Lipinski definition) is 0. The van der Waals surface area contributed by atoms with Crippen LogP contribution in [0.5, 0.6) is 0 Å². The van der Waals surface area contributed by atoms with Crippen molar-refractivity contribution in [3.05, 3.63) is 114 Å². The molecule has 0 spiro atoms. The SMILES string of the molecule is Brc1ccc2nc(-c3ccc4cc(-c5ccc6ccc7cccnc7c6n5)ccc4c3)ccc2c1. The lowest BCUT2D eigenvalue weighted by Crippen LogP contribution is -1.89. The third kappa shape index (κ3) is 3.54. The van der Waals surface area contributed by atoms with E-state index in [1.807, 2.05) is 24.4 Å². The summed E-state index contributed by atoms with van der Waals surface area (Å²) in [6, 6.07) is 35.9. The first kappa shape index (κ1) is 20.2. The average molecular weight is 512 g/mol. The molecule has 164 valence electrons. The minimum atomic E-state index is 0.936. The van der Waals surface area contributed by atoms with Crippen LogP contribution in [0.4, 0.5) is 0 Å². The van der Waals surface area contributed by atoms with Crippen LogP contribution in [0, 0.1) is 0 Å². The fourth-order valence-electron chi connectivity index (χ4n) is 4.71. The van der Waals surface area contributed by atoms with Gasteiger partial charge >= 0.3 is 0 Å². The molecular weight excluding hydrogens is 494 g/mol. The van der Waals surface area contributed by atoms with Crippen molar-refractivity contribution in [3.63, 3.8) is 0 Å². The molecule has 0 aliphatic rings. The number of benzene rings is 4. The van der Waals surface area contributed by atoms with Gasteiger partial charge in [0.25, 0.3) is 0 Å². The van der Waals surface area contributed by atoms with Crippen LogP contribution < -0.4 is 0 Å². The van der Waals surface area contributed by atoms with Gasteiger partial charge in [0.1, 0.15) is 0 Å². The van der Waals surface area contributed by atoms with Gasteiger partial charge in [0.2, 0.25) is 0 Å². The van der Waals surface area contributed by atoms with E-state index in [1.165, 1.54) is 10.8 Å². The molecule has 3 heterocycles. The molecule has 7 aromatic rings. The van der Waals surface area contributed by atoms with Gasteiger partial charge in [-0.15, -0.1) is 0 Å². The number of nitrogens with zero attached hydrogens (tertiary/aromatic N) is 3. The fraction of sp³-hybridized carbons (Fsp3) is 0. The highest BCUT2D eigenvalue weighted by molar-refractivity contribution is 9.10. The molecule has 0 bridgehead atoms. The number of fused-ring (bicyclic) bond motifs is 5. The number of pyridine rings is 3. The van der Waals surface area contributed by atoms with E-state index in [-0.39, 0.29) is 0 Å². The summed E-state index contributed by atoms with van der Waals surface area (Å²) in [4.78, 5) is 14.5. The maximum Gasteiger partial charge on any atom is 0.0972 e. The van der Waals surface area contributed by atoms with Gasteiger partial charge in [0.15, 0.2) is 0 Å². The molecule has 3 nitrogen and oxygen atoms in total. The number of halogens is 1. The van der Waals surface area contributed by atoms with E-state index in [2.05, 4.69) is 106 Å². The summed E-state index contributed by atoms with van der Waals surface area (Å²) in [5, 5.41) is 5.68. The van der Waals surface area contributed by atoms with Crippen LogP contribution in [-0.4, -0.2) is 15.0 Å². The van der Waals surface area contributed by atoms with Crippen LogP contribution in [0.15, 0.2) is 114 Å². The molecule has 0 N–H and O–H groups in total. The minimum absolute atomic E-state index is 0.936. The van der Waals surface area contributed by atoms with Gasteiger partial charge in [-0.25, -0.2) is 9.97 Å². The van der Waals surface area contributed by atoms with Gasteiger partial charge in [-0.05, 0) is 59.3 Å². The summed E-state index contributed by atoms with van der Waals surface area (Å²) in [5.41, 5.74) is 6.99. The van der Waals surface area contributed by atoms with E-state index in [0.29, 0.717) is 0 Å². The van der Waals surface area contributed by atoms with Gasteiger partial charge < -0.3 is 0 Å². The molecule has 0 radical (unpaired) electrons. The minimum Gasteiger partial charge on any atom is -0.254 e. The lowest BCUT2D eigenvalue weighted by atomic mass is 10.0. The van der Waals surface area contributed by atoms with E-state index in [9.17, 15) is 0 Å². The van der Waals surface area contributed by atoms with Gasteiger partial charge in [-0.1, -0.05) is 70.5 Å². The number of hydrogen-bond acceptors (Lipinski definition) is 3. The topological polar surface area (TPSA) is 38.7 Å². The zero-order valence-corrected chi connectivity index (χ0v) is 20.2. The second kappa shape index (κ2) is 7.97. The first-order chi connectivity index (χ1) is 17.2. The summed E-state index contributed by atoms with van der Waals surface area (Å²) in [6.45, 7) is 0. The molecule has 0 aliphatic carbocycles. The highest BCUT2D eigenvalue weighted by Gasteiger charge is 2.08. The Morgan fingerprint density at radius 3 is 1.89 bits per heavy atom. The van der Waals surface area contributed by atoms with E-state index in [4.69, 9.17) is 9.97 Å².